The van der Waals surface area contributed by atoms with E-state index < -0.39 is 0 Å². The van der Waals surface area contributed by atoms with Gasteiger partial charge >= 0.3 is 0 Å². The van der Waals surface area contributed by atoms with E-state index in [0.29, 0.717) is 23.3 Å². The molecule has 1 radical (unpaired) electrons. The Balaban J connectivity index is 2.48. The highest BCUT2D eigenvalue weighted by molar-refractivity contribution is 5.80. The number of nitrogens with zero attached hydrogens (tertiary/aromatic N) is 4. The Bertz CT molecular complexity index is 467. The summed E-state index contributed by atoms with van der Waals surface area (Å²) >= 11 is 0. The van der Waals surface area contributed by atoms with Crippen LogP contribution in [0, 0.1) is 6.33 Å². The molecule has 0 unspecified atom stereocenters. The van der Waals surface area contributed by atoms with Crippen molar-refractivity contribution < 1.29 is 9.53 Å². The molecule has 1 aromatic carbocycles. The normalized spacial score (nSPS) is 9.93. The van der Waals surface area contributed by atoms with Crippen molar-refractivity contribution >= 4 is 6.29 Å². The Kier molecular flexibility index (Phi) is 2.40. The van der Waals surface area contributed by atoms with Crippen LogP contribution < -0.4 is 4.74 Å². The van der Waals surface area contributed by atoms with Gasteiger partial charge in [0.25, 0.3) is 0 Å². The van der Waals surface area contributed by atoms with E-state index in [-0.39, 0.29) is 0 Å². The minimum atomic E-state index is 0.443. The third-order valence-corrected chi connectivity index (χ3v) is 1.90. The molecule has 0 N–H and O–H groups in total. The number of aldehydes is 1. The number of methoxy groups -OCH3 is 1. The zero-order valence-electron chi connectivity index (χ0n) is 7.91. The molecule has 0 aliphatic rings. The summed E-state index contributed by atoms with van der Waals surface area (Å²) in [6.45, 7) is 0. The van der Waals surface area contributed by atoms with Crippen LogP contribution in [0.4, 0.5) is 0 Å². The van der Waals surface area contributed by atoms with Crippen LogP contribution in [-0.2, 0) is 0 Å². The van der Waals surface area contributed by atoms with Crippen LogP contribution in [0.25, 0.3) is 5.69 Å². The van der Waals surface area contributed by atoms with Gasteiger partial charge in [-0.3, -0.25) is 4.79 Å². The lowest BCUT2D eigenvalue weighted by molar-refractivity contribution is 0.112. The van der Waals surface area contributed by atoms with Crippen LogP contribution in [0.2, 0.25) is 0 Å². The second-order valence-electron chi connectivity index (χ2n) is 2.73. The summed E-state index contributed by atoms with van der Waals surface area (Å²) in [5.74, 6) is 0.516. The smallest absolute Gasteiger partial charge is 0.226 e. The van der Waals surface area contributed by atoms with Crippen LogP contribution in [0.3, 0.4) is 0 Å². The number of benzene rings is 1. The molecule has 2 aromatic rings. The van der Waals surface area contributed by atoms with Crippen molar-refractivity contribution in [3.8, 4) is 11.4 Å². The number of rotatable bonds is 3. The van der Waals surface area contributed by atoms with Crippen molar-refractivity contribution in [1.29, 1.82) is 0 Å². The molecule has 75 valence electrons. The average Bonchev–Trinajstić information content (AvgIpc) is 2.81. The molecule has 0 amide bonds. The van der Waals surface area contributed by atoms with Crippen LogP contribution in [0.15, 0.2) is 18.2 Å². The van der Waals surface area contributed by atoms with Crippen molar-refractivity contribution in [3.63, 3.8) is 0 Å². The van der Waals surface area contributed by atoms with E-state index in [4.69, 9.17) is 4.74 Å². The van der Waals surface area contributed by atoms with E-state index in [1.165, 1.54) is 11.8 Å². The van der Waals surface area contributed by atoms with E-state index in [0.717, 1.165) is 0 Å². The fourth-order valence-electron chi connectivity index (χ4n) is 1.20. The summed E-state index contributed by atoms with van der Waals surface area (Å²) in [7, 11) is 1.51. The van der Waals surface area contributed by atoms with Gasteiger partial charge in [0.2, 0.25) is 6.33 Å². The topological polar surface area (TPSA) is 69.9 Å². The summed E-state index contributed by atoms with van der Waals surface area (Å²) in [6, 6.07) is 5.03. The number of aromatic nitrogens is 4. The van der Waals surface area contributed by atoms with Crippen LogP contribution in [0.5, 0.6) is 5.75 Å². The van der Waals surface area contributed by atoms with Crippen molar-refractivity contribution in [3.05, 3.63) is 30.1 Å². The van der Waals surface area contributed by atoms with Gasteiger partial charge in [-0.15, -0.1) is 5.10 Å². The molecular formula is C9H7N4O2. The van der Waals surface area contributed by atoms with E-state index >= 15 is 0 Å². The quantitative estimate of drug-likeness (QED) is 0.670. The first-order valence-electron chi connectivity index (χ1n) is 4.15. The predicted octanol–water partition coefficient (Wildman–Crippen LogP) is 0.284. The monoisotopic (exact) mass is 203 g/mol. The molecule has 15 heavy (non-hydrogen) atoms. The first kappa shape index (κ1) is 9.32. The minimum Gasteiger partial charge on any atom is -0.496 e. The lowest BCUT2D eigenvalue weighted by atomic mass is 10.2. The molecule has 2 rings (SSSR count). The van der Waals surface area contributed by atoms with Gasteiger partial charge in [-0.25, -0.2) is 0 Å². The summed E-state index contributed by atoms with van der Waals surface area (Å²) in [4.78, 5) is 10.8. The third-order valence-electron chi connectivity index (χ3n) is 1.90. The number of carbonyl (C=O) groups is 1. The molecule has 0 saturated heterocycles. The van der Waals surface area contributed by atoms with Gasteiger partial charge in [-0.2, -0.15) is 4.68 Å². The van der Waals surface area contributed by atoms with Gasteiger partial charge in [0.1, 0.15) is 5.75 Å². The third kappa shape index (κ3) is 1.69. The summed E-state index contributed by atoms with van der Waals surface area (Å²) in [6.07, 6.45) is 3.24. The number of ether oxygens (including phenoxy) is 1. The van der Waals surface area contributed by atoms with Gasteiger partial charge < -0.3 is 4.74 Å². The van der Waals surface area contributed by atoms with Gasteiger partial charge in [-0.1, -0.05) is 0 Å². The fraction of sp³-hybridized carbons (Fsp3) is 0.111. The zero-order chi connectivity index (χ0) is 10.7. The number of hydrogen-bond acceptors (Lipinski definition) is 5. The Labute approximate surface area is 85.5 Å². The van der Waals surface area contributed by atoms with Gasteiger partial charge in [0.15, 0.2) is 6.29 Å². The van der Waals surface area contributed by atoms with Crippen molar-refractivity contribution in [2.45, 2.75) is 0 Å². The Hall–Kier alpha value is -2.24. The van der Waals surface area contributed by atoms with Gasteiger partial charge in [0, 0.05) is 0 Å². The number of hydrogen-bond donors (Lipinski definition) is 0. The molecule has 0 aliphatic carbocycles. The highest BCUT2D eigenvalue weighted by Gasteiger charge is 2.05. The first-order valence-corrected chi connectivity index (χ1v) is 4.15. The van der Waals surface area contributed by atoms with E-state index in [9.17, 15) is 4.79 Å². The van der Waals surface area contributed by atoms with Crippen molar-refractivity contribution in [1.82, 2.24) is 20.2 Å². The Morgan fingerprint density at radius 3 is 3.00 bits per heavy atom. The molecule has 0 saturated carbocycles. The van der Waals surface area contributed by atoms with Gasteiger partial charge in [0.05, 0.1) is 18.4 Å². The Morgan fingerprint density at radius 2 is 2.40 bits per heavy atom. The molecule has 0 bridgehead atoms. The fourth-order valence-corrected chi connectivity index (χ4v) is 1.20. The predicted molar refractivity (Wildman–Crippen MR) is 49.9 cm³/mol. The zero-order valence-corrected chi connectivity index (χ0v) is 7.91. The van der Waals surface area contributed by atoms with Crippen molar-refractivity contribution in [2.75, 3.05) is 7.11 Å². The second kappa shape index (κ2) is 3.87. The molecule has 0 atom stereocenters. The van der Waals surface area contributed by atoms with Crippen LogP contribution in [-0.4, -0.2) is 33.6 Å². The summed E-state index contributed by atoms with van der Waals surface area (Å²) < 4.78 is 6.35. The minimum absolute atomic E-state index is 0.443. The summed E-state index contributed by atoms with van der Waals surface area (Å²) in [5.41, 5.74) is 1.10. The molecule has 6 nitrogen and oxygen atoms in total. The maximum absolute atomic E-state index is 10.8. The molecule has 0 fully saturated rings. The molecule has 6 heteroatoms. The van der Waals surface area contributed by atoms with E-state index in [1.807, 2.05) is 0 Å². The number of tetrazole rings is 1. The number of carbonyl (C=O) groups excluding carboxylic acids is 1. The van der Waals surface area contributed by atoms with Crippen LogP contribution >= 0.6 is 0 Å². The lowest BCUT2D eigenvalue weighted by Gasteiger charge is -2.04. The molecule has 1 aromatic heterocycles. The molecule has 1 heterocycles. The SMILES string of the molecule is COc1ccc(-n2[c]nnn2)cc1C=O. The maximum atomic E-state index is 10.8. The first-order chi connectivity index (χ1) is 7.35. The van der Waals surface area contributed by atoms with E-state index in [2.05, 4.69) is 21.9 Å². The average molecular weight is 203 g/mol. The second-order valence-corrected chi connectivity index (χ2v) is 2.73. The maximum Gasteiger partial charge on any atom is 0.226 e. The molecular weight excluding hydrogens is 196 g/mol. The van der Waals surface area contributed by atoms with Gasteiger partial charge in [-0.05, 0) is 28.6 Å². The highest BCUT2D eigenvalue weighted by atomic mass is 16.5. The standard InChI is InChI=1S/C9H7N4O2/c1-15-9-3-2-8(4-7(9)5-14)13-6-10-11-12-13/h2-5H,1H3. The summed E-state index contributed by atoms with van der Waals surface area (Å²) in [5, 5.41) is 10.5. The van der Waals surface area contributed by atoms with E-state index in [1.54, 1.807) is 18.2 Å². The van der Waals surface area contributed by atoms with Crippen molar-refractivity contribution in [2.24, 2.45) is 0 Å². The lowest BCUT2D eigenvalue weighted by Crippen LogP contribution is -1.98. The molecule has 0 spiro atoms. The highest BCUT2D eigenvalue weighted by Crippen LogP contribution is 2.19. The van der Waals surface area contributed by atoms with Crippen LogP contribution in [0.1, 0.15) is 10.4 Å². The Morgan fingerprint density at radius 1 is 1.53 bits per heavy atom. The molecule has 0 aliphatic heterocycles. The largest absolute Gasteiger partial charge is 0.496 e.